The number of pyridine rings is 1. The van der Waals surface area contributed by atoms with Crippen LogP contribution in [0.2, 0.25) is 0 Å². The van der Waals surface area contributed by atoms with Crippen molar-refractivity contribution in [2.75, 3.05) is 11.9 Å². The van der Waals surface area contributed by atoms with Crippen molar-refractivity contribution < 1.29 is 9.18 Å². The molecule has 0 bridgehead atoms. The fourth-order valence-corrected chi connectivity index (χ4v) is 1.81. The summed E-state index contributed by atoms with van der Waals surface area (Å²) < 4.78 is 14.1. The summed E-state index contributed by atoms with van der Waals surface area (Å²) in [6.45, 7) is 0.434. The lowest BCUT2D eigenvalue weighted by molar-refractivity contribution is 0.252. The van der Waals surface area contributed by atoms with E-state index in [0.717, 1.165) is 5.56 Å². The Hall–Kier alpha value is -2.63. The molecular formula is C15H16FN3O2. The molecular weight excluding hydrogens is 273 g/mol. The smallest absolute Gasteiger partial charge is 0.319 e. The van der Waals surface area contributed by atoms with Gasteiger partial charge in [0, 0.05) is 25.9 Å². The Bertz CT molecular complexity index is 680. The van der Waals surface area contributed by atoms with Crippen LogP contribution in [-0.4, -0.2) is 17.1 Å². The van der Waals surface area contributed by atoms with Crippen LogP contribution in [0.3, 0.4) is 0 Å². The second kappa shape index (κ2) is 6.69. The third-order valence-corrected chi connectivity index (χ3v) is 2.96. The number of hydrogen-bond donors (Lipinski definition) is 2. The molecule has 5 nitrogen and oxygen atoms in total. The van der Waals surface area contributed by atoms with Gasteiger partial charge in [0.15, 0.2) is 0 Å². The Kier molecular flexibility index (Phi) is 4.71. The molecule has 1 aromatic carbocycles. The topological polar surface area (TPSA) is 63.1 Å². The summed E-state index contributed by atoms with van der Waals surface area (Å²) in [5.74, 6) is -0.279. The van der Waals surface area contributed by atoms with E-state index in [9.17, 15) is 14.0 Å². The predicted molar refractivity (Wildman–Crippen MR) is 78.8 cm³/mol. The maximum atomic E-state index is 12.7. The molecule has 0 aliphatic heterocycles. The Morgan fingerprint density at radius 2 is 1.90 bits per heavy atom. The Balaban J connectivity index is 1.80. The van der Waals surface area contributed by atoms with Crippen molar-refractivity contribution in [3.05, 3.63) is 64.3 Å². The van der Waals surface area contributed by atoms with Crippen molar-refractivity contribution in [2.45, 2.75) is 6.42 Å². The van der Waals surface area contributed by atoms with Crippen LogP contribution in [0.5, 0.6) is 0 Å². The zero-order valence-corrected chi connectivity index (χ0v) is 11.6. The molecule has 0 radical (unpaired) electrons. The van der Waals surface area contributed by atoms with Crippen LogP contribution in [0.1, 0.15) is 5.56 Å². The van der Waals surface area contributed by atoms with Gasteiger partial charge in [-0.25, -0.2) is 9.18 Å². The number of nitrogens with zero attached hydrogens (tertiary/aromatic N) is 1. The maximum absolute atomic E-state index is 12.7. The number of anilines is 1. The number of carbonyl (C=O) groups excluding carboxylic acids is 1. The van der Waals surface area contributed by atoms with E-state index in [1.807, 2.05) is 0 Å². The quantitative estimate of drug-likeness (QED) is 0.903. The molecule has 2 N–H and O–H groups in total. The van der Waals surface area contributed by atoms with Gasteiger partial charge in [-0.05, 0) is 30.2 Å². The number of aryl methyl sites for hydroxylation is 1. The fourth-order valence-electron chi connectivity index (χ4n) is 1.81. The van der Waals surface area contributed by atoms with Gasteiger partial charge in [0.1, 0.15) is 5.82 Å². The van der Waals surface area contributed by atoms with Gasteiger partial charge < -0.3 is 15.2 Å². The molecule has 110 valence electrons. The van der Waals surface area contributed by atoms with Gasteiger partial charge in [0.05, 0.1) is 5.69 Å². The number of aromatic nitrogens is 1. The number of amides is 2. The Morgan fingerprint density at radius 3 is 2.57 bits per heavy atom. The molecule has 0 atom stereocenters. The summed E-state index contributed by atoms with van der Waals surface area (Å²) >= 11 is 0. The monoisotopic (exact) mass is 289 g/mol. The first kappa shape index (κ1) is 14.8. The zero-order valence-electron chi connectivity index (χ0n) is 11.6. The number of halogens is 1. The first-order valence-electron chi connectivity index (χ1n) is 6.50. The molecule has 21 heavy (non-hydrogen) atoms. The molecule has 1 aromatic heterocycles. The number of rotatable bonds is 4. The van der Waals surface area contributed by atoms with E-state index in [-0.39, 0.29) is 17.4 Å². The van der Waals surface area contributed by atoms with Crippen LogP contribution in [0, 0.1) is 5.82 Å². The predicted octanol–water partition coefficient (Wildman–Crippen LogP) is 1.89. The van der Waals surface area contributed by atoms with E-state index in [4.69, 9.17) is 0 Å². The molecule has 0 saturated heterocycles. The van der Waals surface area contributed by atoms with E-state index in [0.29, 0.717) is 18.7 Å². The summed E-state index contributed by atoms with van der Waals surface area (Å²) in [5, 5.41) is 5.33. The molecule has 0 unspecified atom stereocenters. The highest BCUT2D eigenvalue weighted by Gasteiger charge is 2.02. The highest BCUT2D eigenvalue weighted by atomic mass is 19.1. The average molecular weight is 289 g/mol. The molecule has 2 aromatic rings. The van der Waals surface area contributed by atoms with Gasteiger partial charge in [0.2, 0.25) is 5.56 Å². The third-order valence-electron chi connectivity index (χ3n) is 2.96. The summed E-state index contributed by atoms with van der Waals surface area (Å²) in [6.07, 6.45) is 2.16. The summed E-state index contributed by atoms with van der Waals surface area (Å²) in [5.41, 5.74) is 1.34. The van der Waals surface area contributed by atoms with Crippen LogP contribution in [-0.2, 0) is 13.5 Å². The van der Waals surface area contributed by atoms with Crippen LogP contribution in [0.25, 0.3) is 0 Å². The number of nitrogens with one attached hydrogen (secondary N) is 2. The lowest BCUT2D eigenvalue weighted by atomic mass is 10.1. The summed E-state index contributed by atoms with van der Waals surface area (Å²) in [6, 6.07) is 8.72. The average Bonchev–Trinajstić information content (AvgIpc) is 2.45. The van der Waals surface area contributed by atoms with E-state index in [1.165, 1.54) is 22.8 Å². The molecule has 0 aliphatic carbocycles. The van der Waals surface area contributed by atoms with Crippen LogP contribution < -0.4 is 16.2 Å². The van der Waals surface area contributed by atoms with Crippen molar-refractivity contribution in [2.24, 2.45) is 7.05 Å². The fraction of sp³-hybridized carbons (Fsp3) is 0.200. The standard InChI is InChI=1S/C15H16FN3O2/c1-19-10-13(6-7-14(19)20)18-15(21)17-9-8-11-2-4-12(16)5-3-11/h2-7,10H,8-9H2,1H3,(H2,17,18,21). The normalized spacial score (nSPS) is 10.2. The second-order valence-corrected chi connectivity index (χ2v) is 4.62. The van der Waals surface area contributed by atoms with Crippen LogP contribution >= 0.6 is 0 Å². The van der Waals surface area contributed by atoms with Gasteiger partial charge in [-0.2, -0.15) is 0 Å². The molecule has 0 saturated carbocycles. The molecule has 6 heteroatoms. The van der Waals surface area contributed by atoms with E-state index in [1.54, 1.807) is 31.4 Å². The van der Waals surface area contributed by atoms with Gasteiger partial charge in [-0.15, -0.1) is 0 Å². The van der Waals surface area contributed by atoms with Crippen LogP contribution in [0.4, 0.5) is 14.9 Å². The Morgan fingerprint density at radius 1 is 1.19 bits per heavy atom. The lowest BCUT2D eigenvalue weighted by Crippen LogP contribution is -2.31. The minimum atomic E-state index is -0.351. The lowest BCUT2D eigenvalue weighted by Gasteiger charge is -2.08. The van der Waals surface area contributed by atoms with Gasteiger partial charge >= 0.3 is 6.03 Å². The molecule has 2 rings (SSSR count). The maximum Gasteiger partial charge on any atom is 0.319 e. The van der Waals surface area contributed by atoms with E-state index in [2.05, 4.69) is 10.6 Å². The third kappa shape index (κ3) is 4.45. The second-order valence-electron chi connectivity index (χ2n) is 4.62. The van der Waals surface area contributed by atoms with Crippen molar-refractivity contribution >= 4 is 11.7 Å². The van der Waals surface area contributed by atoms with E-state index < -0.39 is 0 Å². The summed E-state index contributed by atoms with van der Waals surface area (Å²) in [7, 11) is 1.61. The van der Waals surface area contributed by atoms with Crippen molar-refractivity contribution in [1.82, 2.24) is 9.88 Å². The molecule has 0 fully saturated rings. The number of urea groups is 1. The molecule has 1 heterocycles. The number of benzene rings is 1. The largest absolute Gasteiger partial charge is 0.338 e. The minimum absolute atomic E-state index is 0.141. The van der Waals surface area contributed by atoms with Crippen LogP contribution in [0.15, 0.2) is 47.4 Å². The first-order valence-corrected chi connectivity index (χ1v) is 6.50. The SMILES string of the molecule is Cn1cc(NC(=O)NCCc2ccc(F)cc2)ccc1=O. The van der Waals surface area contributed by atoms with Gasteiger partial charge in [-0.1, -0.05) is 12.1 Å². The first-order chi connectivity index (χ1) is 10.0. The van der Waals surface area contributed by atoms with Crippen molar-refractivity contribution in [1.29, 1.82) is 0 Å². The highest BCUT2D eigenvalue weighted by Crippen LogP contribution is 2.04. The zero-order chi connectivity index (χ0) is 15.2. The molecule has 0 spiro atoms. The van der Waals surface area contributed by atoms with Crippen molar-refractivity contribution in [3.8, 4) is 0 Å². The Labute approximate surface area is 121 Å². The number of carbonyl (C=O) groups is 1. The highest BCUT2D eigenvalue weighted by molar-refractivity contribution is 5.88. The molecule has 0 aliphatic rings. The minimum Gasteiger partial charge on any atom is -0.338 e. The number of hydrogen-bond acceptors (Lipinski definition) is 2. The molecule has 2 amide bonds. The van der Waals surface area contributed by atoms with Gasteiger partial charge in [-0.3, -0.25) is 4.79 Å². The summed E-state index contributed by atoms with van der Waals surface area (Å²) in [4.78, 5) is 22.9. The van der Waals surface area contributed by atoms with E-state index >= 15 is 0 Å². The van der Waals surface area contributed by atoms with Crippen molar-refractivity contribution in [3.63, 3.8) is 0 Å². The van der Waals surface area contributed by atoms with Gasteiger partial charge in [0.25, 0.3) is 0 Å².